The normalized spacial score (nSPS) is 10.2. The summed E-state index contributed by atoms with van der Waals surface area (Å²) in [4.78, 5) is 11.9. The molecule has 0 saturated heterocycles. The monoisotopic (exact) mass is 400 g/mol. The molecule has 5 heteroatoms. The summed E-state index contributed by atoms with van der Waals surface area (Å²) >= 11 is 8.25. The van der Waals surface area contributed by atoms with Gasteiger partial charge in [-0.3, -0.25) is 4.79 Å². The fourth-order valence-corrected chi connectivity index (χ4v) is 2.59. The van der Waals surface area contributed by atoms with E-state index < -0.39 is 0 Å². The number of anilines is 2. The molecule has 0 unspecified atom stereocenters. The zero-order valence-corrected chi connectivity index (χ0v) is 13.8. The second kappa shape index (κ2) is 6.95. The minimum absolute atomic E-state index is 0.129. The van der Waals surface area contributed by atoms with E-state index in [0.29, 0.717) is 10.7 Å². The molecule has 0 aliphatic heterocycles. The third kappa shape index (κ3) is 4.11. The third-order valence-electron chi connectivity index (χ3n) is 2.78. The minimum Gasteiger partial charge on any atom is -0.376 e. The van der Waals surface area contributed by atoms with E-state index in [1.54, 1.807) is 12.1 Å². The van der Waals surface area contributed by atoms with Gasteiger partial charge in [0.2, 0.25) is 5.91 Å². The van der Waals surface area contributed by atoms with Gasteiger partial charge in [-0.15, -0.1) is 0 Å². The lowest BCUT2D eigenvalue weighted by molar-refractivity contribution is -0.114. The lowest BCUT2D eigenvalue weighted by Gasteiger charge is -2.11. The molecular weight excluding hydrogens is 387 g/mol. The van der Waals surface area contributed by atoms with Gasteiger partial charge in [0.15, 0.2) is 0 Å². The fourth-order valence-electron chi connectivity index (χ4n) is 1.76. The molecule has 104 valence electrons. The van der Waals surface area contributed by atoms with Crippen molar-refractivity contribution in [2.45, 2.75) is 6.92 Å². The van der Waals surface area contributed by atoms with E-state index in [1.807, 2.05) is 31.2 Å². The summed E-state index contributed by atoms with van der Waals surface area (Å²) in [7, 11) is 0. The molecule has 0 aliphatic carbocycles. The van der Waals surface area contributed by atoms with Gasteiger partial charge in [0.25, 0.3) is 0 Å². The zero-order valence-electron chi connectivity index (χ0n) is 10.9. The number of aryl methyl sites for hydroxylation is 1. The molecule has 0 aromatic heterocycles. The maximum atomic E-state index is 11.9. The largest absolute Gasteiger partial charge is 0.376 e. The average molecular weight is 401 g/mol. The Morgan fingerprint density at radius 3 is 2.65 bits per heavy atom. The summed E-state index contributed by atoms with van der Waals surface area (Å²) in [6.45, 7) is 2.21. The Labute approximate surface area is 136 Å². The average Bonchev–Trinajstić information content (AvgIpc) is 2.40. The van der Waals surface area contributed by atoms with Crippen molar-refractivity contribution >= 4 is 51.5 Å². The molecule has 0 spiro atoms. The molecule has 0 bridgehead atoms. The van der Waals surface area contributed by atoms with Crippen LogP contribution >= 0.6 is 34.2 Å². The lowest BCUT2D eigenvalue weighted by Crippen LogP contribution is -2.22. The van der Waals surface area contributed by atoms with E-state index in [4.69, 9.17) is 11.6 Å². The number of carbonyl (C=O) groups is 1. The summed E-state index contributed by atoms with van der Waals surface area (Å²) in [5.41, 5.74) is 2.70. The Balaban J connectivity index is 1.94. The number of carbonyl (C=O) groups excluding carboxylic acids is 1. The Morgan fingerprint density at radius 2 is 1.95 bits per heavy atom. The Bertz CT molecular complexity index is 631. The van der Waals surface area contributed by atoms with Crippen molar-refractivity contribution in [2.24, 2.45) is 0 Å². The van der Waals surface area contributed by atoms with Crippen molar-refractivity contribution in [2.75, 3.05) is 17.2 Å². The van der Waals surface area contributed by atoms with E-state index in [9.17, 15) is 4.79 Å². The van der Waals surface area contributed by atoms with E-state index in [0.717, 1.165) is 11.3 Å². The Kier molecular flexibility index (Phi) is 5.25. The number of benzene rings is 2. The van der Waals surface area contributed by atoms with Crippen molar-refractivity contribution in [1.29, 1.82) is 0 Å². The van der Waals surface area contributed by atoms with Crippen LogP contribution in [0.25, 0.3) is 0 Å². The maximum Gasteiger partial charge on any atom is 0.243 e. The number of halogens is 2. The molecule has 2 rings (SSSR count). The molecule has 2 aromatic rings. The fraction of sp³-hybridized carbons (Fsp3) is 0.133. The molecule has 1 amide bonds. The van der Waals surface area contributed by atoms with Crippen LogP contribution in [0.15, 0.2) is 42.5 Å². The Hall–Kier alpha value is -1.27. The number of para-hydroxylation sites is 1. The van der Waals surface area contributed by atoms with Crippen molar-refractivity contribution < 1.29 is 4.79 Å². The first-order valence-electron chi connectivity index (χ1n) is 6.10. The molecule has 0 fully saturated rings. The first kappa shape index (κ1) is 15.1. The van der Waals surface area contributed by atoms with E-state index in [2.05, 4.69) is 39.3 Å². The van der Waals surface area contributed by atoms with Gasteiger partial charge in [0, 0.05) is 9.26 Å². The highest BCUT2D eigenvalue weighted by molar-refractivity contribution is 14.1. The molecule has 0 aliphatic rings. The van der Waals surface area contributed by atoms with Crippen LogP contribution in [0.2, 0.25) is 5.02 Å². The molecular formula is C15H14ClIN2O. The van der Waals surface area contributed by atoms with Crippen LogP contribution in [0.3, 0.4) is 0 Å². The van der Waals surface area contributed by atoms with Gasteiger partial charge >= 0.3 is 0 Å². The van der Waals surface area contributed by atoms with Gasteiger partial charge < -0.3 is 10.6 Å². The van der Waals surface area contributed by atoms with Crippen LogP contribution in [0, 0.1) is 10.5 Å². The second-order valence-electron chi connectivity index (χ2n) is 4.34. The lowest BCUT2D eigenvalue weighted by atomic mass is 10.2. The number of hydrogen-bond donors (Lipinski definition) is 2. The smallest absolute Gasteiger partial charge is 0.243 e. The van der Waals surface area contributed by atoms with Gasteiger partial charge in [-0.2, -0.15) is 0 Å². The standard InChI is InChI=1S/C15H14ClIN2O/c1-10-8-11(17)6-7-13(10)18-9-15(20)19-14-5-3-2-4-12(14)16/h2-8,18H,9H2,1H3,(H,19,20). The number of amides is 1. The molecule has 0 atom stereocenters. The summed E-state index contributed by atoms with van der Waals surface area (Å²) < 4.78 is 1.17. The SMILES string of the molecule is Cc1cc(I)ccc1NCC(=O)Nc1ccccc1Cl. The van der Waals surface area contributed by atoms with Gasteiger partial charge in [-0.05, 0) is 65.4 Å². The minimum atomic E-state index is -0.129. The maximum absolute atomic E-state index is 11.9. The first-order chi connectivity index (χ1) is 9.56. The number of nitrogens with one attached hydrogen (secondary N) is 2. The molecule has 0 radical (unpaired) electrons. The van der Waals surface area contributed by atoms with Crippen molar-refractivity contribution in [3.8, 4) is 0 Å². The quantitative estimate of drug-likeness (QED) is 0.751. The number of rotatable bonds is 4. The summed E-state index contributed by atoms with van der Waals surface area (Å²) in [6, 6.07) is 13.2. The highest BCUT2D eigenvalue weighted by Gasteiger charge is 2.06. The van der Waals surface area contributed by atoms with Gasteiger partial charge in [0.05, 0.1) is 17.3 Å². The Morgan fingerprint density at radius 1 is 1.20 bits per heavy atom. The van der Waals surface area contributed by atoms with E-state index in [-0.39, 0.29) is 12.5 Å². The summed E-state index contributed by atoms with van der Waals surface area (Å²) in [5, 5.41) is 6.43. The van der Waals surface area contributed by atoms with Crippen LogP contribution in [0.5, 0.6) is 0 Å². The highest BCUT2D eigenvalue weighted by Crippen LogP contribution is 2.20. The predicted octanol–water partition coefficient (Wildman–Crippen LogP) is 4.30. The van der Waals surface area contributed by atoms with Crippen LogP contribution in [0.4, 0.5) is 11.4 Å². The second-order valence-corrected chi connectivity index (χ2v) is 5.99. The van der Waals surface area contributed by atoms with Crippen molar-refractivity contribution in [3.05, 3.63) is 56.6 Å². The van der Waals surface area contributed by atoms with Crippen LogP contribution < -0.4 is 10.6 Å². The molecule has 0 saturated carbocycles. The van der Waals surface area contributed by atoms with E-state index in [1.165, 1.54) is 3.57 Å². The molecule has 2 N–H and O–H groups in total. The highest BCUT2D eigenvalue weighted by atomic mass is 127. The topological polar surface area (TPSA) is 41.1 Å². The summed E-state index contributed by atoms with van der Waals surface area (Å²) in [5.74, 6) is -0.129. The van der Waals surface area contributed by atoms with Crippen LogP contribution in [0.1, 0.15) is 5.56 Å². The first-order valence-corrected chi connectivity index (χ1v) is 7.56. The van der Waals surface area contributed by atoms with Gasteiger partial charge in [-0.1, -0.05) is 23.7 Å². The molecule has 0 heterocycles. The summed E-state index contributed by atoms with van der Waals surface area (Å²) in [6.07, 6.45) is 0. The number of hydrogen-bond acceptors (Lipinski definition) is 2. The van der Waals surface area contributed by atoms with Crippen molar-refractivity contribution in [1.82, 2.24) is 0 Å². The molecule has 20 heavy (non-hydrogen) atoms. The van der Waals surface area contributed by atoms with E-state index >= 15 is 0 Å². The van der Waals surface area contributed by atoms with Crippen molar-refractivity contribution in [3.63, 3.8) is 0 Å². The zero-order chi connectivity index (χ0) is 14.5. The third-order valence-corrected chi connectivity index (χ3v) is 3.78. The van der Waals surface area contributed by atoms with Gasteiger partial charge in [0.1, 0.15) is 0 Å². The van der Waals surface area contributed by atoms with Crippen LogP contribution in [-0.4, -0.2) is 12.5 Å². The van der Waals surface area contributed by atoms with Gasteiger partial charge in [-0.25, -0.2) is 0 Å². The predicted molar refractivity (Wildman–Crippen MR) is 92.5 cm³/mol. The molecule has 3 nitrogen and oxygen atoms in total. The van der Waals surface area contributed by atoms with Crippen LogP contribution in [-0.2, 0) is 4.79 Å². The molecule has 2 aromatic carbocycles.